The SMILES string of the molecule is CCCC[C](C=O)N(Cc1ccc(Br)cc1)Cc1cccs1. The van der Waals surface area contributed by atoms with Crippen LogP contribution in [0.15, 0.2) is 46.3 Å². The van der Waals surface area contributed by atoms with Crippen LogP contribution in [0.4, 0.5) is 0 Å². The number of thiophene rings is 1. The maximum Gasteiger partial charge on any atom is 0.142 e. The molecule has 0 saturated heterocycles. The number of halogens is 1. The van der Waals surface area contributed by atoms with Crippen molar-refractivity contribution in [2.45, 2.75) is 39.3 Å². The lowest BCUT2D eigenvalue weighted by Crippen LogP contribution is -2.28. The number of hydrogen-bond acceptors (Lipinski definition) is 3. The Morgan fingerprint density at radius 3 is 2.59 bits per heavy atom. The Kier molecular flexibility index (Phi) is 7.30. The maximum absolute atomic E-state index is 11.5. The maximum atomic E-state index is 11.5. The molecule has 1 heterocycles. The van der Waals surface area contributed by atoms with Crippen LogP contribution in [-0.4, -0.2) is 11.2 Å². The molecule has 4 heteroatoms. The Balaban J connectivity index is 2.12. The minimum Gasteiger partial charge on any atom is -0.301 e. The lowest BCUT2D eigenvalue weighted by molar-refractivity contribution is -0.109. The number of rotatable bonds is 9. The molecular weight excluding hydrogens is 358 g/mol. The average Bonchev–Trinajstić information content (AvgIpc) is 3.03. The first-order chi connectivity index (χ1) is 10.7. The third kappa shape index (κ3) is 5.34. The van der Waals surface area contributed by atoms with Gasteiger partial charge < -0.3 is 4.79 Å². The average molecular weight is 379 g/mol. The fourth-order valence-electron chi connectivity index (χ4n) is 2.31. The normalized spacial score (nSPS) is 11.3. The molecule has 0 bridgehead atoms. The van der Waals surface area contributed by atoms with Gasteiger partial charge in [-0.3, -0.25) is 4.90 Å². The van der Waals surface area contributed by atoms with Gasteiger partial charge in [-0.15, -0.1) is 11.3 Å². The Labute approximate surface area is 145 Å². The van der Waals surface area contributed by atoms with Crippen LogP contribution >= 0.6 is 27.3 Å². The summed E-state index contributed by atoms with van der Waals surface area (Å²) in [4.78, 5) is 15.0. The van der Waals surface area contributed by atoms with Crippen molar-refractivity contribution in [1.82, 2.24) is 4.90 Å². The van der Waals surface area contributed by atoms with Gasteiger partial charge in [-0.1, -0.05) is 53.9 Å². The summed E-state index contributed by atoms with van der Waals surface area (Å²) in [7, 11) is 0. The van der Waals surface area contributed by atoms with Crippen molar-refractivity contribution in [1.29, 1.82) is 0 Å². The Hall–Kier alpha value is -0.970. The molecule has 0 spiro atoms. The molecule has 0 aliphatic carbocycles. The van der Waals surface area contributed by atoms with E-state index < -0.39 is 0 Å². The van der Waals surface area contributed by atoms with Crippen molar-refractivity contribution in [2.24, 2.45) is 0 Å². The van der Waals surface area contributed by atoms with Crippen LogP contribution in [0.3, 0.4) is 0 Å². The molecule has 1 aromatic heterocycles. The summed E-state index contributed by atoms with van der Waals surface area (Å²) >= 11 is 5.20. The molecule has 1 radical (unpaired) electrons. The molecule has 0 aliphatic heterocycles. The van der Waals surface area contributed by atoms with Crippen LogP contribution in [0, 0.1) is 6.04 Å². The zero-order valence-electron chi connectivity index (χ0n) is 12.8. The number of benzene rings is 1. The van der Waals surface area contributed by atoms with Gasteiger partial charge in [0.2, 0.25) is 0 Å². The summed E-state index contributed by atoms with van der Waals surface area (Å²) in [5, 5.41) is 2.08. The molecule has 2 nitrogen and oxygen atoms in total. The standard InChI is InChI=1S/C18H21BrNOS/c1-2-3-5-17(14-21)20(13-18-6-4-11-22-18)12-15-7-9-16(19)10-8-15/h4,6-11,14H,2-3,5,12-13H2,1H3. The van der Waals surface area contributed by atoms with Crippen molar-refractivity contribution in [3.8, 4) is 0 Å². The van der Waals surface area contributed by atoms with Crippen LogP contribution < -0.4 is 0 Å². The molecule has 1 aromatic carbocycles. The van der Waals surface area contributed by atoms with E-state index >= 15 is 0 Å². The predicted octanol–water partition coefficient (Wildman–Crippen LogP) is 5.43. The van der Waals surface area contributed by atoms with E-state index in [1.54, 1.807) is 11.3 Å². The molecule has 0 amide bonds. The zero-order chi connectivity index (χ0) is 15.8. The van der Waals surface area contributed by atoms with Gasteiger partial charge in [0.15, 0.2) is 0 Å². The highest BCUT2D eigenvalue weighted by atomic mass is 79.9. The van der Waals surface area contributed by atoms with Crippen LogP contribution in [0.2, 0.25) is 0 Å². The highest BCUT2D eigenvalue weighted by Crippen LogP contribution is 2.23. The molecule has 0 aliphatic rings. The molecular formula is C18H21BrNOS. The van der Waals surface area contributed by atoms with Gasteiger partial charge in [-0.2, -0.15) is 0 Å². The van der Waals surface area contributed by atoms with Crippen molar-refractivity contribution < 1.29 is 4.79 Å². The minimum atomic E-state index is 0.767. The van der Waals surface area contributed by atoms with Gasteiger partial charge in [-0.25, -0.2) is 0 Å². The molecule has 0 atom stereocenters. The topological polar surface area (TPSA) is 20.3 Å². The van der Waals surface area contributed by atoms with Crippen molar-refractivity contribution in [2.75, 3.05) is 0 Å². The number of carbonyl (C=O) groups excluding carboxylic acids is 1. The second-order valence-electron chi connectivity index (χ2n) is 5.27. The number of hydrogen-bond donors (Lipinski definition) is 0. The Bertz CT molecular complexity index is 553. The number of unbranched alkanes of at least 4 members (excludes halogenated alkanes) is 1. The van der Waals surface area contributed by atoms with Gasteiger partial charge >= 0.3 is 0 Å². The molecule has 2 aromatic rings. The third-order valence-corrected chi connectivity index (χ3v) is 4.93. The van der Waals surface area contributed by atoms with Crippen molar-refractivity contribution in [3.05, 3.63) is 62.7 Å². The van der Waals surface area contributed by atoms with E-state index in [0.29, 0.717) is 0 Å². The molecule has 0 fully saturated rings. The van der Waals surface area contributed by atoms with Gasteiger partial charge in [0.25, 0.3) is 0 Å². The quantitative estimate of drug-likeness (QED) is 0.541. The Morgan fingerprint density at radius 2 is 2.00 bits per heavy atom. The summed E-state index contributed by atoms with van der Waals surface area (Å²) in [5.41, 5.74) is 1.22. The lowest BCUT2D eigenvalue weighted by atomic mass is 10.1. The second kappa shape index (κ2) is 9.23. The van der Waals surface area contributed by atoms with Gasteiger partial charge in [0, 0.05) is 22.4 Å². The molecule has 22 heavy (non-hydrogen) atoms. The molecule has 117 valence electrons. The van der Waals surface area contributed by atoms with Gasteiger partial charge in [0.05, 0.1) is 0 Å². The van der Waals surface area contributed by atoms with E-state index in [1.807, 2.05) is 12.1 Å². The number of carbonyl (C=O) groups is 1. The minimum absolute atomic E-state index is 0.767. The van der Waals surface area contributed by atoms with Crippen molar-refractivity contribution >= 4 is 33.6 Å². The molecule has 0 unspecified atom stereocenters. The van der Waals surface area contributed by atoms with Crippen LogP contribution in [0.1, 0.15) is 36.6 Å². The fraction of sp³-hybridized carbons (Fsp3) is 0.333. The van der Waals surface area contributed by atoms with E-state index in [9.17, 15) is 4.79 Å². The largest absolute Gasteiger partial charge is 0.301 e. The van der Waals surface area contributed by atoms with Gasteiger partial charge in [-0.05, 0) is 35.6 Å². The van der Waals surface area contributed by atoms with Crippen molar-refractivity contribution in [3.63, 3.8) is 0 Å². The third-order valence-electron chi connectivity index (χ3n) is 3.54. The van der Waals surface area contributed by atoms with Crippen LogP contribution in [0.5, 0.6) is 0 Å². The zero-order valence-corrected chi connectivity index (χ0v) is 15.2. The predicted molar refractivity (Wildman–Crippen MR) is 96.5 cm³/mol. The monoisotopic (exact) mass is 378 g/mol. The van der Waals surface area contributed by atoms with E-state index in [2.05, 4.69) is 57.4 Å². The first-order valence-electron chi connectivity index (χ1n) is 7.55. The van der Waals surface area contributed by atoms with Crippen LogP contribution in [0.25, 0.3) is 0 Å². The molecule has 0 saturated carbocycles. The smallest absolute Gasteiger partial charge is 0.142 e. The van der Waals surface area contributed by atoms with E-state index in [0.717, 1.165) is 49.2 Å². The van der Waals surface area contributed by atoms with E-state index in [-0.39, 0.29) is 0 Å². The highest BCUT2D eigenvalue weighted by Gasteiger charge is 2.19. The summed E-state index contributed by atoms with van der Waals surface area (Å²) in [6.07, 6.45) is 4.03. The summed E-state index contributed by atoms with van der Waals surface area (Å²) in [5.74, 6) is 0. The van der Waals surface area contributed by atoms with Gasteiger partial charge in [0.1, 0.15) is 12.3 Å². The van der Waals surface area contributed by atoms with Crippen LogP contribution in [-0.2, 0) is 17.9 Å². The first-order valence-corrected chi connectivity index (χ1v) is 9.23. The summed E-state index contributed by atoms with van der Waals surface area (Å²) in [6.45, 7) is 3.72. The molecule has 2 rings (SSSR count). The molecule has 0 N–H and O–H groups in total. The van der Waals surface area contributed by atoms with E-state index in [4.69, 9.17) is 0 Å². The highest BCUT2D eigenvalue weighted by molar-refractivity contribution is 9.10. The Morgan fingerprint density at radius 1 is 1.23 bits per heavy atom. The number of nitrogens with zero attached hydrogens (tertiary/aromatic N) is 1. The second-order valence-corrected chi connectivity index (χ2v) is 7.22. The van der Waals surface area contributed by atoms with E-state index in [1.165, 1.54) is 10.4 Å². The fourth-order valence-corrected chi connectivity index (χ4v) is 3.29. The lowest BCUT2D eigenvalue weighted by Gasteiger charge is -2.27. The number of aldehydes is 1. The summed E-state index contributed by atoms with van der Waals surface area (Å²) in [6, 6.07) is 13.4. The summed E-state index contributed by atoms with van der Waals surface area (Å²) < 4.78 is 1.08. The first kappa shape index (κ1) is 17.4.